The van der Waals surface area contributed by atoms with Crippen molar-refractivity contribution in [3.63, 3.8) is 0 Å². The summed E-state index contributed by atoms with van der Waals surface area (Å²) in [5.41, 5.74) is 2.55. The molecule has 1 atom stereocenters. The standard InChI is InChI=1S/C18H25N5O/c1-12-9-13(2)23(21-12)17-8-7-15(10-19-17)18(24)20-11-16(22(3)4)14-5-6-14/h7-10,14,16H,5-6,11H2,1-4H3,(H,20,24)/t16-/m0/s1. The molecule has 128 valence electrons. The van der Waals surface area contributed by atoms with Crippen molar-refractivity contribution in [3.05, 3.63) is 41.3 Å². The second-order valence-electron chi connectivity index (χ2n) is 6.82. The van der Waals surface area contributed by atoms with E-state index in [1.54, 1.807) is 16.9 Å². The number of hydrogen-bond donors (Lipinski definition) is 1. The van der Waals surface area contributed by atoms with Gasteiger partial charge in [0, 0.05) is 24.5 Å². The molecule has 6 heteroatoms. The van der Waals surface area contributed by atoms with E-state index >= 15 is 0 Å². The largest absolute Gasteiger partial charge is 0.350 e. The molecule has 1 saturated carbocycles. The van der Waals surface area contributed by atoms with Gasteiger partial charge in [0.1, 0.15) is 0 Å². The van der Waals surface area contributed by atoms with E-state index in [-0.39, 0.29) is 5.91 Å². The van der Waals surface area contributed by atoms with Gasteiger partial charge in [-0.15, -0.1) is 0 Å². The Hall–Kier alpha value is -2.21. The summed E-state index contributed by atoms with van der Waals surface area (Å²) in [4.78, 5) is 18.9. The third-order valence-electron chi connectivity index (χ3n) is 4.54. The van der Waals surface area contributed by atoms with Gasteiger partial charge >= 0.3 is 0 Å². The fourth-order valence-corrected chi connectivity index (χ4v) is 3.06. The molecule has 1 aliphatic rings. The van der Waals surface area contributed by atoms with Crippen molar-refractivity contribution in [1.29, 1.82) is 0 Å². The number of aryl methyl sites for hydroxylation is 2. The summed E-state index contributed by atoms with van der Waals surface area (Å²) in [6.45, 7) is 4.61. The second kappa shape index (κ2) is 6.73. The van der Waals surface area contributed by atoms with Crippen LogP contribution >= 0.6 is 0 Å². The molecular formula is C18H25N5O. The van der Waals surface area contributed by atoms with Crippen molar-refractivity contribution in [2.24, 2.45) is 5.92 Å². The highest BCUT2D eigenvalue weighted by Crippen LogP contribution is 2.34. The van der Waals surface area contributed by atoms with Crippen LogP contribution in [0, 0.1) is 19.8 Å². The van der Waals surface area contributed by atoms with Crippen LogP contribution in [0.15, 0.2) is 24.4 Å². The van der Waals surface area contributed by atoms with Gasteiger partial charge in [-0.3, -0.25) is 4.79 Å². The Morgan fingerprint density at radius 2 is 2.12 bits per heavy atom. The number of hydrogen-bond acceptors (Lipinski definition) is 4. The summed E-state index contributed by atoms with van der Waals surface area (Å²) < 4.78 is 1.78. The van der Waals surface area contributed by atoms with Crippen LogP contribution < -0.4 is 5.32 Å². The summed E-state index contributed by atoms with van der Waals surface area (Å²) >= 11 is 0. The summed E-state index contributed by atoms with van der Waals surface area (Å²) in [6, 6.07) is 6.05. The number of amides is 1. The molecule has 1 aliphatic carbocycles. The highest BCUT2D eigenvalue weighted by Gasteiger charge is 2.32. The van der Waals surface area contributed by atoms with Crippen molar-refractivity contribution in [3.8, 4) is 5.82 Å². The molecule has 2 aromatic rings. The second-order valence-corrected chi connectivity index (χ2v) is 6.82. The number of rotatable bonds is 6. The average Bonchev–Trinajstić information content (AvgIpc) is 3.31. The molecule has 1 N–H and O–H groups in total. The lowest BCUT2D eigenvalue weighted by molar-refractivity contribution is 0.0938. The Morgan fingerprint density at radius 1 is 1.38 bits per heavy atom. The zero-order valence-electron chi connectivity index (χ0n) is 14.8. The zero-order chi connectivity index (χ0) is 17.3. The lowest BCUT2D eigenvalue weighted by atomic mass is 10.1. The molecule has 0 unspecified atom stereocenters. The third kappa shape index (κ3) is 3.64. The van der Waals surface area contributed by atoms with Crippen molar-refractivity contribution >= 4 is 5.91 Å². The van der Waals surface area contributed by atoms with Crippen molar-refractivity contribution in [1.82, 2.24) is 25.0 Å². The van der Waals surface area contributed by atoms with E-state index in [1.807, 2.05) is 26.0 Å². The van der Waals surface area contributed by atoms with Crippen LogP contribution in [0.1, 0.15) is 34.6 Å². The van der Waals surface area contributed by atoms with Gasteiger partial charge in [-0.25, -0.2) is 9.67 Å². The van der Waals surface area contributed by atoms with Crippen LogP contribution in [0.5, 0.6) is 0 Å². The summed E-state index contributed by atoms with van der Waals surface area (Å²) in [7, 11) is 4.14. The van der Waals surface area contributed by atoms with Gasteiger partial charge in [-0.1, -0.05) is 0 Å². The number of likely N-dealkylation sites (N-methyl/N-ethyl adjacent to an activating group) is 1. The Balaban J connectivity index is 1.64. The molecule has 3 rings (SSSR count). The molecule has 0 bridgehead atoms. The van der Waals surface area contributed by atoms with Crippen LogP contribution in [0.2, 0.25) is 0 Å². The van der Waals surface area contributed by atoms with Gasteiger partial charge in [-0.2, -0.15) is 5.10 Å². The molecule has 1 amide bonds. The number of carbonyl (C=O) groups excluding carboxylic acids is 1. The monoisotopic (exact) mass is 327 g/mol. The maximum absolute atomic E-state index is 12.3. The summed E-state index contributed by atoms with van der Waals surface area (Å²) in [6.07, 6.45) is 4.14. The van der Waals surface area contributed by atoms with Gasteiger partial charge in [0.15, 0.2) is 5.82 Å². The zero-order valence-corrected chi connectivity index (χ0v) is 14.8. The molecular weight excluding hydrogens is 302 g/mol. The van der Waals surface area contributed by atoms with E-state index in [1.165, 1.54) is 12.8 Å². The number of nitrogens with one attached hydrogen (secondary N) is 1. The minimum Gasteiger partial charge on any atom is -0.350 e. The lowest BCUT2D eigenvalue weighted by Crippen LogP contribution is -2.41. The van der Waals surface area contributed by atoms with E-state index in [0.717, 1.165) is 17.2 Å². The van der Waals surface area contributed by atoms with E-state index in [9.17, 15) is 4.79 Å². The molecule has 2 heterocycles. The predicted octanol–water partition coefficient (Wildman–Crippen LogP) is 1.95. The number of aromatic nitrogens is 3. The third-order valence-corrected chi connectivity index (χ3v) is 4.54. The van der Waals surface area contributed by atoms with Crippen LogP contribution in [-0.4, -0.2) is 52.3 Å². The fourth-order valence-electron chi connectivity index (χ4n) is 3.06. The molecule has 0 radical (unpaired) electrons. The number of nitrogens with zero attached hydrogens (tertiary/aromatic N) is 4. The van der Waals surface area contributed by atoms with Gasteiger partial charge in [0.25, 0.3) is 5.91 Å². The van der Waals surface area contributed by atoms with Crippen LogP contribution in [0.3, 0.4) is 0 Å². The molecule has 6 nitrogen and oxygen atoms in total. The van der Waals surface area contributed by atoms with Gasteiger partial charge < -0.3 is 10.2 Å². The maximum atomic E-state index is 12.3. The summed E-state index contributed by atoms with van der Waals surface area (Å²) in [5.74, 6) is 1.36. The SMILES string of the molecule is Cc1cc(C)n(-c2ccc(C(=O)NC[C@@H](C3CC3)N(C)C)cn2)n1. The molecule has 2 aromatic heterocycles. The molecule has 1 fully saturated rings. The first-order valence-corrected chi connectivity index (χ1v) is 8.40. The van der Waals surface area contributed by atoms with Crippen molar-refractivity contribution in [2.75, 3.05) is 20.6 Å². The minimum absolute atomic E-state index is 0.0742. The van der Waals surface area contributed by atoms with Crippen LogP contribution in [0.4, 0.5) is 0 Å². The molecule has 0 aromatic carbocycles. The molecule has 0 aliphatic heterocycles. The van der Waals surface area contributed by atoms with Crippen LogP contribution in [-0.2, 0) is 0 Å². The van der Waals surface area contributed by atoms with E-state index < -0.39 is 0 Å². The predicted molar refractivity (Wildman–Crippen MR) is 93.4 cm³/mol. The fraction of sp³-hybridized carbons (Fsp3) is 0.500. The Labute approximate surface area is 142 Å². The number of pyridine rings is 1. The van der Waals surface area contributed by atoms with Gasteiger partial charge in [0.2, 0.25) is 0 Å². The minimum atomic E-state index is -0.0742. The van der Waals surface area contributed by atoms with E-state index in [0.29, 0.717) is 24.1 Å². The smallest absolute Gasteiger partial charge is 0.252 e. The topological polar surface area (TPSA) is 63.1 Å². The Morgan fingerprint density at radius 3 is 2.62 bits per heavy atom. The van der Waals surface area contributed by atoms with Crippen molar-refractivity contribution in [2.45, 2.75) is 32.7 Å². The molecule has 0 saturated heterocycles. The normalized spacial score (nSPS) is 15.5. The van der Waals surface area contributed by atoms with Crippen molar-refractivity contribution < 1.29 is 4.79 Å². The Bertz CT molecular complexity index is 714. The molecule has 24 heavy (non-hydrogen) atoms. The average molecular weight is 327 g/mol. The highest BCUT2D eigenvalue weighted by atomic mass is 16.1. The first-order chi connectivity index (χ1) is 11.5. The lowest BCUT2D eigenvalue weighted by Gasteiger charge is -2.24. The number of carbonyl (C=O) groups is 1. The first kappa shape index (κ1) is 16.6. The summed E-state index contributed by atoms with van der Waals surface area (Å²) in [5, 5.41) is 7.44. The van der Waals surface area contributed by atoms with Gasteiger partial charge in [0.05, 0.1) is 11.3 Å². The maximum Gasteiger partial charge on any atom is 0.252 e. The Kier molecular flexibility index (Phi) is 4.66. The molecule has 0 spiro atoms. The van der Waals surface area contributed by atoms with E-state index in [4.69, 9.17) is 0 Å². The highest BCUT2D eigenvalue weighted by molar-refractivity contribution is 5.93. The van der Waals surface area contributed by atoms with Gasteiger partial charge in [-0.05, 0) is 64.9 Å². The quantitative estimate of drug-likeness (QED) is 0.881. The van der Waals surface area contributed by atoms with Crippen LogP contribution in [0.25, 0.3) is 5.82 Å². The van der Waals surface area contributed by atoms with E-state index in [2.05, 4.69) is 34.4 Å². The first-order valence-electron chi connectivity index (χ1n) is 8.40.